The smallest absolute Gasteiger partial charge is 0.259 e. The number of nitrogens with zero attached hydrogens (tertiary/aromatic N) is 4. The first-order valence-corrected chi connectivity index (χ1v) is 9.02. The lowest BCUT2D eigenvalue weighted by Crippen LogP contribution is -2.26. The summed E-state index contributed by atoms with van der Waals surface area (Å²) < 4.78 is 1.72. The molecule has 1 aliphatic rings. The first-order valence-electron chi connectivity index (χ1n) is 8.64. The van der Waals surface area contributed by atoms with Gasteiger partial charge >= 0.3 is 0 Å². The summed E-state index contributed by atoms with van der Waals surface area (Å²) in [5, 5.41) is 5.14. The summed E-state index contributed by atoms with van der Waals surface area (Å²) in [5.41, 5.74) is 6.26. The number of halogens is 1. The molecule has 0 bridgehead atoms. The van der Waals surface area contributed by atoms with Gasteiger partial charge in [0.2, 0.25) is 0 Å². The molecule has 134 valence electrons. The largest absolute Gasteiger partial charge is 0.328 e. The van der Waals surface area contributed by atoms with Crippen molar-refractivity contribution in [1.29, 1.82) is 0 Å². The second kappa shape index (κ2) is 7.01. The van der Waals surface area contributed by atoms with E-state index >= 15 is 0 Å². The summed E-state index contributed by atoms with van der Waals surface area (Å²) in [4.78, 5) is 23.9. The summed E-state index contributed by atoms with van der Waals surface area (Å²) >= 11 is 5.96. The van der Waals surface area contributed by atoms with E-state index in [1.807, 2.05) is 0 Å². The van der Waals surface area contributed by atoms with E-state index in [4.69, 9.17) is 22.3 Å². The molecule has 7 nitrogen and oxygen atoms in total. The van der Waals surface area contributed by atoms with Crippen LogP contribution in [0.2, 0.25) is 5.02 Å². The maximum absolute atomic E-state index is 12.1. The van der Waals surface area contributed by atoms with E-state index in [0.717, 1.165) is 31.5 Å². The molecule has 26 heavy (non-hydrogen) atoms. The maximum Gasteiger partial charge on any atom is 0.259 e. The second-order valence-electron chi connectivity index (χ2n) is 6.56. The van der Waals surface area contributed by atoms with Crippen LogP contribution in [0.1, 0.15) is 37.4 Å². The molecule has 4 rings (SSSR count). The lowest BCUT2D eigenvalue weighted by molar-refractivity contribution is 0.380. The Labute approximate surface area is 155 Å². The highest BCUT2D eigenvalue weighted by atomic mass is 35.5. The van der Waals surface area contributed by atoms with Crippen molar-refractivity contribution in [2.24, 2.45) is 5.73 Å². The van der Waals surface area contributed by atoms with Crippen LogP contribution in [-0.4, -0.2) is 30.8 Å². The van der Waals surface area contributed by atoms with E-state index in [-0.39, 0.29) is 17.5 Å². The highest BCUT2D eigenvalue weighted by Crippen LogP contribution is 2.33. The van der Waals surface area contributed by atoms with Crippen molar-refractivity contribution < 1.29 is 0 Å². The van der Waals surface area contributed by atoms with Gasteiger partial charge in [-0.05, 0) is 49.9 Å². The number of hydrogen-bond donors (Lipinski definition) is 2. The number of nitrogens with one attached hydrogen (secondary N) is 1. The molecule has 0 atom stereocenters. The van der Waals surface area contributed by atoms with Crippen molar-refractivity contribution in [2.45, 2.75) is 37.6 Å². The fraction of sp³-hybridized carbons (Fsp3) is 0.333. The van der Waals surface area contributed by atoms with Gasteiger partial charge < -0.3 is 10.7 Å². The van der Waals surface area contributed by atoms with Crippen LogP contribution in [-0.2, 0) is 0 Å². The Hall–Kier alpha value is -2.51. The minimum atomic E-state index is -0.217. The monoisotopic (exact) mass is 370 g/mol. The SMILES string of the molecule is NC1CCC(c2nc(-c3ccc[nH]c3=O)nn2-c2ccc(Cl)cn2)CC1. The number of nitrogens with two attached hydrogens (primary N) is 1. The first-order chi connectivity index (χ1) is 12.6. The number of H-pyrrole nitrogens is 1. The molecular formula is C18H19ClN6O. The van der Waals surface area contributed by atoms with Crippen LogP contribution in [0, 0.1) is 0 Å². The Morgan fingerprint density at radius 1 is 1.19 bits per heavy atom. The predicted molar refractivity (Wildman–Crippen MR) is 99.4 cm³/mol. The topological polar surface area (TPSA) is 102 Å². The van der Waals surface area contributed by atoms with Gasteiger partial charge in [0.25, 0.3) is 5.56 Å². The van der Waals surface area contributed by atoms with Gasteiger partial charge in [0.05, 0.1) is 10.6 Å². The zero-order valence-corrected chi connectivity index (χ0v) is 14.9. The minimum Gasteiger partial charge on any atom is -0.328 e. The van der Waals surface area contributed by atoms with Gasteiger partial charge in [0, 0.05) is 24.4 Å². The number of rotatable bonds is 3. The highest BCUT2D eigenvalue weighted by molar-refractivity contribution is 6.30. The Kier molecular flexibility index (Phi) is 4.57. The molecule has 1 fully saturated rings. The van der Waals surface area contributed by atoms with Gasteiger partial charge in [-0.15, -0.1) is 5.10 Å². The maximum atomic E-state index is 12.1. The van der Waals surface area contributed by atoms with Crippen LogP contribution >= 0.6 is 11.6 Å². The van der Waals surface area contributed by atoms with Crippen LogP contribution in [0.3, 0.4) is 0 Å². The Morgan fingerprint density at radius 3 is 2.69 bits per heavy atom. The van der Waals surface area contributed by atoms with Crippen molar-refractivity contribution in [2.75, 3.05) is 0 Å². The van der Waals surface area contributed by atoms with E-state index in [0.29, 0.717) is 22.2 Å². The molecule has 0 aromatic carbocycles. The average Bonchev–Trinajstić information content (AvgIpc) is 3.08. The average molecular weight is 371 g/mol. The van der Waals surface area contributed by atoms with Gasteiger partial charge in [-0.25, -0.2) is 9.97 Å². The summed E-state index contributed by atoms with van der Waals surface area (Å²) in [6.45, 7) is 0. The number of pyridine rings is 2. The molecule has 3 aromatic rings. The fourth-order valence-electron chi connectivity index (χ4n) is 3.34. The molecule has 3 N–H and O–H groups in total. The van der Waals surface area contributed by atoms with Gasteiger partial charge in [-0.1, -0.05) is 11.6 Å². The van der Waals surface area contributed by atoms with Crippen molar-refractivity contribution in [3.63, 3.8) is 0 Å². The molecule has 3 heterocycles. The summed E-state index contributed by atoms with van der Waals surface area (Å²) in [7, 11) is 0. The molecule has 0 aliphatic heterocycles. The molecule has 1 saturated carbocycles. The molecule has 0 radical (unpaired) electrons. The molecule has 1 aliphatic carbocycles. The van der Waals surface area contributed by atoms with Crippen molar-refractivity contribution in [3.05, 3.63) is 57.9 Å². The number of hydrogen-bond acceptors (Lipinski definition) is 5. The molecule has 0 saturated heterocycles. The zero-order valence-electron chi connectivity index (χ0n) is 14.1. The van der Waals surface area contributed by atoms with Crippen molar-refractivity contribution >= 4 is 11.6 Å². The highest BCUT2D eigenvalue weighted by Gasteiger charge is 2.27. The third kappa shape index (κ3) is 3.27. The van der Waals surface area contributed by atoms with E-state index in [1.54, 1.807) is 41.3 Å². The van der Waals surface area contributed by atoms with Gasteiger partial charge in [0.1, 0.15) is 5.82 Å². The van der Waals surface area contributed by atoms with Crippen molar-refractivity contribution in [1.82, 2.24) is 24.7 Å². The summed E-state index contributed by atoms with van der Waals surface area (Å²) in [6, 6.07) is 7.29. The first kappa shape index (κ1) is 16.9. The minimum absolute atomic E-state index is 0.217. The van der Waals surface area contributed by atoms with Gasteiger partial charge in [0.15, 0.2) is 11.6 Å². The molecule has 3 aromatic heterocycles. The second-order valence-corrected chi connectivity index (χ2v) is 7.00. The lowest BCUT2D eigenvalue weighted by atomic mass is 9.86. The molecule has 0 unspecified atom stereocenters. The quantitative estimate of drug-likeness (QED) is 0.737. The van der Waals surface area contributed by atoms with Crippen LogP contribution in [0.4, 0.5) is 0 Å². The Bertz CT molecular complexity index is 956. The molecule has 0 spiro atoms. The molecular weight excluding hydrogens is 352 g/mol. The van der Waals surface area contributed by atoms with E-state index < -0.39 is 0 Å². The van der Waals surface area contributed by atoms with Gasteiger partial charge in [-0.2, -0.15) is 4.68 Å². The molecule has 0 amide bonds. The van der Waals surface area contributed by atoms with E-state index in [2.05, 4.69) is 15.1 Å². The van der Waals surface area contributed by atoms with E-state index in [1.165, 1.54) is 0 Å². The zero-order chi connectivity index (χ0) is 18.1. The van der Waals surface area contributed by atoms with Crippen LogP contribution in [0.15, 0.2) is 41.5 Å². The van der Waals surface area contributed by atoms with E-state index in [9.17, 15) is 4.79 Å². The number of aromatic nitrogens is 5. The third-order valence-corrected chi connectivity index (χ3v) is 4.98. The summed E-state index contributed by atoms with van der Waals surface area (Å²) in [5.74, 6) is 2.07. The van der Waals surface area contributed by atoms with Crippen molar-refractivity contribution in [3.8, 4) is 17.2 Å². The van der Waals surface area contributed by atoms with Crippen LogP contribution in [0.5, 0.6) is 0 Å². The summed E-state index contributed by atoms with van der Waals surface area (Å²) in [6.07, 6.45) is 6.96. The normalized spacial score (nSPS) is 20.2. The Morgan fingerprint density at radius 2 is 2.00 bits per heavy atom. The van der Waals surface area contributed by atoms with Crippen LogP contribution < -0.4 is 11.3 Å². The van der Waals surface area contributed by atoms with Crippen LogP contribution in [0.25, 0.3) is 17.2 Å². The van der Waals surface area contributed by atoms with Gasteiger partial charge in [-0.3, -0.25) is 4.79 Å². The predicted octanol–water partition coefficient (Wildman–Crippen LogP) is 2.66. The fourth-order valence-corrected chi connectivity index (χ4v) is 3.45. The number of aromatic amines is 1. The molecule has 8 heteroatoms. The lowest BCUT2D eigenvalue weighted by Gasteiger charge is -2.25. The Balaban J connectivity index is 1.81. The standard InChI is InChI=1S/C18H19ClN6O/c19-12-5-8-15(22-10-12)25-17(11-3-6-13(20)7-4-11)23-16(24-25)14-2-1-9-21-18(14)26/h1-2,5,8-11,13H,3-4,6-7,20H2,(H,21,26). The third-order valence-electron chi connectivity index (χ3n) is 4.76.